The van der Waals surface area contributed by atoms with Crippen LogP contribution in [0.2, 0.25) is 0 Å². The van der Waals surface area contributed by atoms with Crippen LogP contribution in [0.15, 0.2) is 18.2 Å². The van der Waals surface area contributed by atoms with E-state index in [0.717, 1.165) is 0 Å². The van der Waals surface area contributed by atoms with E-state index in [2.05, 4.69) is 5.43 Å². The number of hydrazine groups is 1. The topological polar surface area (TPSA) is 78.6 Å². The van der Waals surface area contributed by atoms with Crippen molar-refractivity contribution < 1.29 is 9.90 Å². The van der Waals surface area contributed by atoms with E-state index < -0.39 is 5.97 Å². The van der Waals surface area contributed by atoms with Gasteiger partial charge >= 0.3 is 5.97 Å². The van der Waals surface area contributed by atoms with Crippen LogP contribution in [0.3, 0.4) is 0 Å². The number of rotatable bonds is 3. The quantitative estimate of drug-likeness (QED) is 0.492. The largest absolute Gasteiger partial charge is 0.478 e. The van der Waals surface area contributed by atoms with Gasteiger partial charge in [-0.15, -0.1) is 0 Å². The van der Waals surface area contributed by atoms with Crippen molar-refractivity contribution in [2.24, 2.45) is 0 Å². The molecule has 1 aromatic carbocycles. The first-order chi connectivity index (χ1) is 6.50. The number of nitrogens with one attached hydrogen (secondary N) is 1. The Balaban J connectivity index is 3.02. The summed E-state index contributed by atoms with van der Waals surface area (Å²) < 4.78 is 0. The third kappa shape index (κ3) is 2.37. The second-order valence-electron chi connectivity index (χ2n) is 3.11. The molecule has 0 atom stereocenters. The number of hydrogen-bond acceptors (Lipinski definition) is 4. The average Bonchev–Trinajstić information content (AvgIpc) is 2.07. The summed E-state index contributed by atoms with van der Waals surface area (Å²) in [4.78, 5) is 10.7. The lowest BCUT2D eigenvalue weighted by molar-refractivity contribution is 0.0697. The molecule has 0 radical (unpaired) electrons. The lowest BCUT2D eigenvalue weighted by Crippen LogP contribution is -2.20. The number of carbonyl (C=O) groups is 1. The molecule has 1 rings (SSSR count). The highest BCUT2D eigenvalue weighted by atomic mass is 16.4. The minimum absolute atomic E-state index is 0.212. The first-order valence-corrected chi connectivity index (χ1v) is 4.07. The lowest BCUT2D eigenvalue weighted by Gasteiger charge is -2.15. The number of aromatic carboxylic acids is 1. The zero-order valence-electron chi connectivity index (χ0n) is 8.11. The molecule has 0 aliphatic rings. The molecule has 1 aromatic rings. The fourth-order valence-electron chi connectivity index (χ4n) is 1.03. The maximum atomic E-state index is 10.7. The van der Waals surface area contributed by atoms with Crippen molar-refractivity contribution in [1.29, 1.82) is 0 Å². The molecular formula is C9H13N3O2. The number of anilines is 2. The van der Waals surface area contributed by atoms with E-state index in [4.69, 9.17) is 10.8 Å². The van der Waals surface area contributed by atoms with E-state index in [1.165, 1.54) is 12.1 Å². The number of nitrogens with two attached hydrogens (primary N) is 1. The van der Waals surface area contributed by atoms with E-state index in [0.29, 0.717) is 11.4 Å². The standard InChI is InChI=1S/C9H13N3O2/c1-12(2)11-8-5-6(9(13)14)3-4-7(8)10/h3-5,11H,10H2,1-2H3,(H,13,14). The van der Waals surface area contributed by atoms with Gasteiger partial charge in [0.25, 0.3) is 0 Å². The summed E-state index contributed by atoms with van der Waals surface area (Å²) in [5, 5.41) is 10.4. The van der Waals surface area contributed by atoms with Crippen LogP contribution in [-0.2, 0) is 0 Å². The molecule has 5 nitrogen and oxygen atoms in total. The molecule has 0 aliphatic heterocycles. The van der Waals surface area contributed by atoms with Gasteiger partial charge in [0.05, 0.1) is 16.9 Å². The Bertz CT molecular complexity index is 350. The van der Waals surface area contributed by atoms with Gasteiger partial charge in [-0.2, -0.15) is 0 Å². The van der Waals surface area contributed by atoms with Gasteiger partial charge < -0.3 is 16.3 Å². The van der Waals surface area contributed by atoms with Gasteiger partial charge in [0.2, 0.25) is 0 Å². The Morgan fingerprint density at radius 3 is 2.64 bits per heavy atom. The monoisotopic (exact) mass is 195 g/mol. The minimum Gasteiger partial charge on any atom is -0.478 e. The highest BCUT2D eigenvalue weighted by molar-refractivity contribution is 5.90. The number of nitrogen functional groups attached to an aromatic ring is 1. The molecule has 0 aromatic heterocycles. The molecule has 4 N–H and O–H groups in total. The molecule has 0 saturated heterocycles. The summed E-state index contributed by atoms with van der Waals surface area (Å²) in [6.45, 7) is 0. The van der Waals surface area contributed by atoms with Crippen molar-refractivity contribution in [3.63, 3.8) is 0 Å². The fraction of sp³-hybridized carbons (Fsp3) is 0.222. The van der Waals surface area contributed by atoms with E-state index >= 15 is 0 Å². The number of benzene rings is 1. The van der Waals surface area contributed by atoms with E-state index in [9.17, 15) is 4.79 Å². The fourth-order valence-corrected chi connectivity index (χ4v) is 1.03. The second kappa shape index (κ2) is 3.97. The van der Waals surface area contributed by atoms with Crippen LogP contribution in [0, 0.1) is 0 Å². The Kier molecular flexibility index (Phi) is 2.93. The number of carboxylic acid groups (broad SMARTS) is 1. The van der Waals surface area contributed by atoms with Gasteiger partial charge in [-0.1, -0.05) is 0 Å². The van der Waals surface area contributed by atoms with Crippen molar-refractivity contribution >= 4 is 17.3 Å². The SMILES string of the molecule is CN(C)Nc1cc(C(=O)O)ccc1N. The molecule has 0 aliphatic carbocycles. The number of carboxylic acids is 1. The molecule has 14 heavy (non-hydrogen) atoms. The zero-order valence-corrected chi connectivity index (χ0v) is 8.11. The number of nitrogens with zero attached hydrogens (tertiary/aromatic N) is 1. The summed E-state index contributed by atoms with van der Waals surface area (Å²) in [5.41, 5.74) is 9.89. The summed E-state index contributed by atoms with van der Waals surface area (Å²) in [7, 11) is 3.60. The smallest absolute Gasteiger partial charge is 0.335 e. The van der Waals surface area contributed by atoms with E-state index in [1.54, 1.807) is 25.2 Å². The van der Waals surface area contributed by atoms with Crippen molar-refractivity contribution in [3.8, 4) is 0 Å². The van der Waals surface area contributed by atoms with Crippen LogP contribution in [0.5, 0.6) is 0 Å². The zero-order chi connectivity index (χ0) is 10.7. The van der Waals surface area contributed by atoms with Gasteiger partial charge in [-0.05, 0) is 18.2 Å². The molecule has 0 saturated carbocycles. The molecule has 0 amide bonds. The Labute approximate surface area is 82.1 Å². The van der Waals surface area contributed by atoms with Gasteiger partial charge in [-0.25, -0.2) is 9.80 Å². The van der Waals surface area contributed by atoms with Crippen LogP contribution in [0.1, 0.15) is 10.4 Å². The van der Waals surface area contributed by atoms with Gasteiger partial charge in [0.1, 0.15) is 0 Å². The normalized spacial score (nSPS) is 10.2. The maximum absolute atomic E-state index is 10.7. The van der Waals surface area contributed by atoms with Crippen LogP contribution in [0.4, 0.5) is 11.4 Å². The Morgan fingerprint density at radius 1 is 1.50 bits per heavy atom. The Morgan fingerprint density at radius 2 is 2.14 bits per heavy atom. The van der Waals surface area contributed by atoms with Gasteiger partial charge in [-0.3, -0.25) is 0 Å². The van der Waals surface area contributed by atoms with Crippen molar-refractivity contribution in [2.75, 3.05) is 25.3 Å². The summed E-state index contributed by atoms with van der Waals surface area (Å²) in [6.07, 6.45) is 0. The van der Waals surface area contributed by atoms with E-state index in [-0.39, 0.29) is 5.56 Å². The third-order valence-electron chi connectivity index (χ3n) is 1.64. The van der Waals surface area contributed by atoms with Crippen LogP contribution >= 0.6 is 0 Å². The second-order valence-corrected chi connectivity index (χ2v) is 3.11. The highest BCUT2D eigenvalue weighted by Crippen LogP contribution is 2.19. The average molecular weight is 195 g/mol. The molecule has 0 bridgehead atoms. The van der Waals surface area contributed by atoms with E-state index in [1.807, 2.05) is 0 Å². The van der Waals surface area contributed by atoms with Gasteiger partial charge in [0.15, 0.2) is 0 Å². The molecule has 0 spiro atoms. The molecular weight excluding hydrogens is 182 g/mol. The van der Waals surface area contributed by atoms with Gasteiger partial charge in [0, 0.05) is 14.1 Å². The number of hydrogen-bond donors (Lipinski definition) is 3. The molecule has 0 fully saturated rings. The summed E-state index contributed by atoms with van der Waals surface area (Å²) in [5.74, 6) is -0.966. The molecule has 0 unspecified atom stereocenters. The van der Waals surface area contributed by atoms with Crippen LogP contribution in [-0.4, -0.2) is 30.2 Å². The predicted octanol–water partition coefficient (Wildman–Crippen LogP) is 0.855. The van der Waals surface area contributed by atoms with Crippen LogP contribution in [0.25, 0.3) is 0 Å². The molecule has 5 heteroatoms. The van der Waals surface area contributed by atoms with Crippen molar-refractivity contribution in [3.05, 3.63) is 23.8 Å². The highest BCUT2D eigenvalue weighted by Gasteiger charge is 2.06. The van der Waals surface area contributed by atoms with Crippen LogP contribution < -0.4 is 11.2 Å². The third-order valence-corrected chi connectivity index (χ3v) is 1.64. The van der Waals surface area contributed by atoms with Crippen molar-refractivity contribution in [2.45, 2.75) is 0 Å². The summed E-state index contributed by atoms with van der Waals surface area (Å²) in [6, 6.07) is 4.53. The minimum atomic E-state index is -0.966. The summed E-state index contributed by atoms with van der Waals surface area (Å²) >= 11 is 0. The molecule has 0 heterocycles. The molecule has 76 valence electrons. The van der Waals surface area contributed by atoms with Crippen molar-refractivity contribution in [1.82, 2.24) is 5.01 Å². The predicted molar refractivity (Wildman–Crippen MR) is 55.1 cm³/mol. The first-order valence-electron chi connectivity index (χ1n) is 4.07. The first kappa shape index (κ1) is 10.3. The Hall–Kier alpha value is -1.75. The maximum Gasteiger partial charge on any atom is 0.335 e. The lowest BCUT2D eigenvalue weighted by atomic mass is 10.2.